The zero-order valence-corrected chi connectivity index (χ0v) is 12.5. The minimum atomic E-state index is 0.374. The Balaban J connectivity index is 2.14. The smallest absolute Gasteiger partial charge is 0.136 e. The quantitative estimate of drug-likeness (QED) is 0.813. The van der Waals surface area contributed by atoms with Crippen molar-refractivity contribution in [3.63, 3.8) is 0 Å². The van der Waals surface area contributed by atoms with Crippen LogP contribution in [0.4, 0.5) is 5.82 Å². The van der Waals surface area contributed by atoms with Gasteiger partial charge in [-0.05, 0) is 37.7 Å². The van der Waals surface area contributed by atoms with Crippen molar-refractivity contribution < 1.29 is 0 Å². The summed E-state index contributed by atoms with van der Waals surface area (Å²) in [7, 11) is 0. The number of nitrogens with two attached hydrogens (primary N) is 1. The number of nitrogens with one attached hydrogen (secondary N) is 1. The van der Waals surface area contributed by atoms with Crippen LogP contribution in [-0.4, -0.2) is 27.5 Å². The van der Waals surface area contributed by atoms with Gasteiger partial charge in [0.15, 0.2) is 0 Å². The zero-order valence-electron chi connectivity index (χ0n) is 10.8. The fourth-order valence-corrected chi connectivity index (χ4v) is 3.44. The maximum Gasteiger partial charge on any atom is 0.136 e. The average molecular weight is 281 g/mol. The SMILES string of the molecule is CSC1(CNc2nccc(C)c2C(N)=S)CCC1. The first-order valence-corrected chi connectivity index (χ1v) is 7.76. The molecule has 1 aliphatic carbocycles. The molecule has 0 aliphatic heterocycles. The van der Waals surface area contributed by atoms with Crippen molar-refractivity contribution in [2.75, 3.05) is 18.1 Å². The summed E-state index contributed by atoms with van der Waals surface area (Å²) in [6, 6.07) is 1.94. The van der Waals surface area contributed by atoms with Crippen molar-refractivity contribution in [2.24, 2.45) is 5.73 Å². The lowest BCUT2D eigenvalue weighted by Crippen LogP contribution is -2.40. The van der Waals surface area contributed by atoms with E-state index in [1.165, 1.54) is 19.3 Å². The summed E-state index contributed by atoms with van der Waals surface area (Å²) in [5.41, 5.74) is 7.73. The highest BCUT2D eigenvalue weighted by Gasteiger charge is 2.36. The number of aryl methyl sites for hydroxylation is 1. The van der Waals surface area contributed by atoms with Gasteiger partial charge in [-0.3, -0.25) is 0 Å². The van der Waals surface area contributed by atoms with E-state index in [1.54, 1.807) is 6.20 Å². The molecule has 3 N–H and O–H groups in total. The highest BCUT2D eigenvalue weighted by molar-refractivity contribution is 8.00. The predicted molar refractivity (Wildman–Crippen MR) is 83.4 cm³/mol. The molecule has 1 aromatic rings. The summed E-state index contributed by atoms with van der Waals surface area (Å²) in [5.74, 6) is 0.822. The molecule has 5 heteroatoms. The van der Waals surface area contributed by atoms with Crippen LogP contribution in [-0.2, 0) is 0 Å². The molecular weight excluding hydrogens is 262 g/mol. The molecular formula is C13H19N3S2. The molecule has 0 aromatic carbocycles. The van der Waals surface area contributed by atoms with Gasteiger partial charge in [0.2, 0.25) is 0 Å². The van der Waals surface area contributed by atoms with Crippen LogP contribution < -0.4 is 11.1 Å². The molecule has 0 atom stereocenters. The Bertz CT molecular complexity index is 450. The molecule has 0 spiro atoms. The highest BCUT2D eigenvalue weighted by Crippen LogP contribution is 2.42. The Morgan fingerprint density at radius 1 is 1.61 bits per heavy atom. The second-order valence-corrected chi connectivity index (χ2v) is 6.52. The van der Waals surface area contributed by atoms with Crippen LogP contribution >= 0.6 is 24.0 Å². The third-order valence-electron chi connectivity index (χ3n) is 3.68. The summed E-state index contributed by atoms with van der Waals surface area (Å²) in [4.78, 5) is 4.78. The number of hydrogen-bond donors (Lipinski definition) is 2. The Morgan fingerprint density at radius 2 is 2.33 bits per heavy atom. The zero-order chi connectivity index (χ0) is 13.2. The largest absolute Gasteiger partial charge is 0.389 e. The number of rotatable bonds is 5. The van der Waals surface area contributed by atoms with Gasteiger partial charge in [0.05, 0.1) is 5.56 Å². The van der Waals surface area contributed by atoms with E-state index < -0.39 is 0 Å². The van der Waals surface area contributed by atoms with E-state index in [-0.39, 0.29) is 0 Å². The molecule has 0 saturated heterocycles. The molecule has 1 heterocycles. The van der Waals surface area contributed by atoms with Gasteiger partial charge in [-0.2, -0.15) is 11.8 Å². The van der Waals surface area contributed by atoms with Crippen molar-refractivity contribution in [1.82, 2.24) is 4.98 Å². The first-order chi connectivity index (χ1) is 8.58. The van der Waals surface area contributed by atoms with Crippen LogP contribution in [0.25, 0.3) is 0 Å². The second-order valence-electron chi connectivity index (χ2n) is 4.81. The number of nitrogens with zero attached hydrogens (tertiary/aromatic N) is 1. The molecule has 98 valence electrons. The van der Waals surface area contributed by atoms with Crippen molar-refractivity contribution in [3.05, 3.63) is 23.4 Å². The molecule has 0 unspecified atom stereocenters. The molecule has 1 saturated carbocycles. The number of thiocarbonyl (C=S) groups is 1. The summed E-state index contributed by atoms with van der Waals surface area (Å²) in [6.45, 7) is 2.94. The van der Waals surface area contributed by atoms with Gasteiger partial charge in [-0.15, -0.1) is 0 Å². The van der Waals surface area contributed by atoms with E-state index in [1.807, 2.05) is 24.8 Å². The molecule has 3 nitrogen and oxygen atoms in total. The van der Waals surface area contributed by atoms with E-state index in [0.29, 0.717) is 9.74 Å². The van der Waals surface area contributed by atoms with Gasteiger partial charge in [-0.1, -0.05) is 18.6 Å². The van der Waals surface area contributed by atoms with Crippen LogP contribution in [0, 0.1) is 6.92 Å². The summed E-state index contributed by atoms with van der Waals surface area (Å²) >= 11 is 7.05. The van der Waals surface area contributed by atoms with Crippen molar-refractivity contribution in [2.45, 2.75) is 30.9 Å². The first kappa shape index (κ1) is 13.6. The van der Waals surface area contributed by atoms with Crippen molar-refractivity contribution in [3.8, 4) is 0 Å². The topological polar surface area (TPSA) is 50.9 Å². The van der Waals surface area contributed by atoms with E-state index in [9.17, 15) is 0 Å². The Hall–Kier alpha value is -0.810. The van der Waals surface area contributed by atoms with Gasteiger partial charge in [0.25, 0.3) is 0 Å². The summed E-state index contributed by atoms with van der Waals surface area (Å²) in [5, 5.41) is 3.43. The molecule has 2 rings (SSSR count). The van der Waals surface area contributed by atoms with Crippen LogP contribution in [0.5, 0.6) is 0 Å². The maximum absolute atomic E-state index is 5.78. The van der Waals surface area contributed by atoms with Gasteiger partial charge in [-0.25, -0.2) is 4.98 Å². The minimum Gasteiger partial charge on any atom is -0.389 e. The summed E-state index contributed by atoms with van der Waals surface area (Å²) in [6.07, 6.45) is 7.85. The Kier molecular flexibility index (Phi) is 4.12. The Labute approximate surface area is 118 Å². The number of thioether (sulfide) groups is 1. The van der Waals surface area contributed by atoms with E-state index in [0.717, 1.165) is 23.5 Å². The first-order valence-electron chi connectivity index (χ1n) is 6.12. The number of aromatic nitrogens is 1. The predicted octanol–water partition coefficient (Wildman–Crippen LogP) is 2.72. The van der Waals surface area contributed by atoms with Gasteiger partial charge in [0, 0.05) is 17.5 Å². The third kappa shape index (κ3) is 2.62. The lowest BCUT2D eigenvalue weighted by atomic mass is 9.84. The third-order valence-corrected chi connectivity index (χ3v) is 5.30. The molecule has 1 aliphatic rings. The number of hydrogen-bond acceptors (Lipinski definition) is 4. The lowest BCUT2D eigenvalue weighted by molar-refractivity contribution is 0.379. The second kappa shape index (κ2) is 5.45. The summed E-state index contributed by atoms with van der Waals surface area (Å²) < 4.78 is 0.374. The number of anilines is 1. The van der Waals surface area contributed by atoms with Gasteiger partial charge in [0.1, 0.15) is 10.8 Å². The average Bonchev–Trinajstić information content (AvgIpc) is 2.27. The van der Waals surface area contributed by atoms with Gasteiger partial charge < -0.3 is 11.1 Å². The molecule has 1 aromatic heterocycles. The lowest BCUT2D eigenvalue weighted by Gasteiger charge is -2.40. The minimum absolute atomic E-state index is 0.374. The normalized spacial score (nSPS) is 17.0. The fourth-order valence-electron chi connectivity index (χ4n) is 2.27. The fraction of sp³-hybridized carbons (Fsp3) is 0.538. The van der Waals surface area contributed by atoms with Crippen molar-refractivity contribution >= 4 is 34.8 Å². The molecule has 18 heavy (non-hydrogen) atoms. The van der Waals surface area contributed by atoms with Gasteiger partial charge >= 0.3 is 0 Å². The van der Waals surface area contributed by atoms with E-state index in [2.05, 4.69) is 16.6 Å². The molecule has 0 bridgehead atoms. The highest BCUT2D eigenvalue weighted by atomic mass is 32.2. The molecule has 0 radical (unpaired) electrons. The van der Waals surface area contributed by atoms with Crippen LogP contribution in [0.2, 0.25) is 0 Å². The standard InChI is InChI=1S/C13H19N3S2/c1-9-4-7-15-12(10(9)11(14)17)16-8-13(18-2)5-3-6-13/h4,7H,3,5-6,8H2,1-2H3,(H2,14,17)(H,15,16). The number of pyridine rings is 1. The molecule has 1 fully saturated rings. The monoisotopic (exact) mass is 281 g/mol. The van der Waals surface area contributed by atoms with E-state index >= 15 is 0 Å². The van der Waals surface area contributed by atoms with Crippen LogP contribution in [0.1, 0.15) is 30.4 Å². The Morgan fingerprint density at radius 3 is 2.83 bits per heavy atom. The van der Waals surface area contributed by atoms with Crippen LogP contribution in [0.3, 0.4) is 0 Å². The molecule has 0 amide bonds. The maximum atomic E-state index is 5.78. The van der Waals surface area contributed by atoms with Crippen LogP contribution in [0.15, 0.2) is 12.3 Å². The van der Waals surface area contributed by atoms with Crippen molar-refractivity contribution in [1.29, 1.82) is 0 Å². The van der Waals surface area contributed by atoms with E-state index in [4.69, 9.17) is 18.0 Å².